The van der Waals surface area contributed by atoms with E-state index >= 15 is 0 Å². The lowest BCUT2D eigenvalue weighted by Crippen LogP contribution is -2.44. The van der Waals surface area contributed by atoms with Crippen LogP contribution >= 0.6 is 0 Å². The van der Waals surface area contributed by atoms with Crippen LogP contribution in [-0.2, 0) is 4.79 Å². The van der Waals surface area contributed by atoms with Crippen molar-refractivity contribution in [1.82, 2.24) is 10.6 Å². The van der Waals surface area contributed by atoms with Crippen molar-refractivity contribution in [1.29, 1.82) is 0 Å². The number of carbonyl (C=O) groups excluding carboxylic acids is 2. The van der Waals surface area contributed by atoms with Gasteiger partial charge >= 0.3 is 0 Å². The number of benzene rings is 1. The Morgan fingerprint density at radius 3 is 2.65 bits per heavy atom. The van der Waals surface area contributed by atoms with Gasteiger partial charge in [-0.2, -0.15) is 0 Å². The minimum absolute atomic E-state index is 0.182. The molecule has 0 aliphatic carbocycles. The van der Waals surface area contributed by atoms with Crippen molar-refractivity contribution in [2.45, 2.75) is 19.9 Å². The first kappa shape index (κ1) is 14.2. The van der Waals surface area contributed by atoms with Gasteiger partial charge in [0.2, 0.25) is 5.91 Å². The zero-order valence-electron chi connectivity index (χ0n) is 11.7. The molecule has 2 rings (SSSR count). The van der Waals surface area contributed by atoms with E-state index in [0.29, 0.717) is 12.1 Å². The van der Waals surface area contributed by atoms with E-state index < -0.39 is 6.04 Å². The highest BCUT2D eigenvalue weighted by atomic mass is 16.2. The number of anilines is 2. The van der Waals surface area contributed by atoms with E-state index in [2.05, 4.69) is 21.3 Å². The summed E-state index contributed by atoms with van der Waals surface area (Å²) in [6.45, 7) is 5.75. The second-order valence-corrected chi connectivity index (χ2v) is 4.70. The van der Waals surface area contributed by atoms with Crippen molar-refractivity contribution < 1.29 is 9.59 Å². The van der Waals surface area contributed by atoms with Crippen LogP contribution in [0.15, 0.2) is 18.2 Å². The highest BCUT2D eigenvalue weighted by molar-refractivity contribution is 5.99. The highest BCUT2D eigenvalue weighted by Crippen LogP contribution is 2.25. The van der Waals surface area contributed by atoms with Crippen LogP contribution < -0.4 is 21.3 Å². The number of amides is 2. The predicted octanol–water partition coefficient (Wildman–Crippen LogP) is 0.778. The number of fused-ring (bicyclic) bond motifs is 1. The van der Waals surface area contributed by atoms with Gasteiger partial charge in [0.25, 0.3) is 5.91 Å². The van der Waals surface area contributed by atoms with Crippen LogP contribution in [0.2, 0.25) is 0 Å². The lowest BCUT2D eigenvalue weighted by Gasteiger charge is -2.20. The molecule has 6 nitrogen and oxygen atoms in total. The molecule has 0 fully saturated rings. The third kappa shape index (κ3) is 3.20. The Morgan fingerprint density at radius 1 is 1.25 bits per heavy atom. The molecular weight excluding hydrogens is 256 g/mol. The third-order valence-electron chi connectivity index (χ3n) is 3.13. The van der Waals surface area contributed by atoms with Crippen LogP contribution in [0.1, 0.15) is 24.2 Å². The number of nitrogens with one attached hydrogen (secondary N) is 4. The van der Waals surface area contributed by atoms with Crippen LogP contribution in [0.5, 0.6) is 0 Å². The number of likely N-dealkylation sites (N-methyl/N-ethyl adjacent to an activating group) is 1. The Hall–Kier alpha value is -2.24. The van der Waals surface area contributed by atoms with E-state index in [9.17, 15) is 9.59 Å². The second-order valence-electron chi connectivity index (χ2n) is 4.70. The quantitative estimate of drug-likeness (QED) is 0.655. The monoisotopic (exact) mass is 276 g/mol. The van der Waals surface area contributed by atoms with E-state index in [1.54, 1.807) is 19.1 Å². The minimum Gasteiger partial charge on any atom is -0.382 e. The summed E-state index contributed by atoms with van der Waals surface area (Å²) in [4.78, 5) is 23.7. The van der Waals surface area contributed by atoms with Crippen molar-refractivity contribution in [2.75, 3.05) is 30.3 Å². The molecule has 1 atom stereocenters. The molecule has 1 aliphatic heterocycles. The zero-order valence-corrected chi connectivity index (χ0v) is 11.7. The van der Waals surface area contributed by atoms with E-state index in [0.717, 1.165) is 24.5 Å². The summed E-state index contributed by atoms with van der Waals surface area (Å²) < 4.78 is 0. The maximum atomic E-state index is 12.1. The lowest BCUT2D eigenvalue weighted by molar-refractivity contribution is -0.122. The van der Waals surface area contributed by atoms with Gasteiger partial charge in [0.05, 0.1) is 11.4 Å². The summed E-state index contributed by atoms with van der Waals surface area (Å²) in [6.07, 6.45) is 0. The molecule has 6 heteroatoms. The number of hydrogen-bond acceptors (Lipinski definition) is 4. The number of rotatable bonds is 4. The largest absolute Gasteiger partial charge is 0.382 e. The maximum absolute atomic E-state index is 12.1. The molecule has 1 aromatic rings. The highest BCUT2D eigenvalue weighted by Gasteiger charge is 2.17. The Kier molecular flexibility index (Phi) is 4.45. The third-order valence-corrected chi connectivity index (χ3v) is 3.13. The Balaban J connectivity index is 2.04. The first-order valence-electron chi connectivity index (χ1n) is 6.82. The second kappa shape index (κ2) is 6.27. The molecule has 4 N–H and O–H groups in total. The van der Waals surface area contributed by atoms with Crippen molar-refractivity contribution in [3.8, 4) is 0 Å². The molecule has 0 spiro atoms. The Bertz CT molecular complexity index is 516. The van der Waals surface area contributed by atoms with Gasteiger partial charge in [-0.3, -0.25) is 9.59 Å². The summed E-state index contributed by atoms with van der Waals surface area (Å²) in [5.41, 5.74) is 2.44. The van der Waals surface area contributed by atoms with Crippen LogP contribution in [0.25, 0.3) is 0 Å². The summed E-state index contributed by atoms with van der Waals surface area (Å²) >= 11 is 0. The fourth-order valence-corrected chi connectivity index (χ4v) is 2.05. The SMILES string of the molecule is CCNC(=O)C(C)NC(=O)c1ccc2c(c1)NCCN2. The fraction of sp³-hybridized carbons (Fsp3) is 0.429. The number of hydrogen-bond donors (Lipinski definition) is 4. The molecule has 20 heavy (non-hydrogen) atoms. The van der Waals surface area contributed by atoms with Crippen molar-refractivity contribution in [3.05, 3.63) is 23.8 Å². The first-order valence-corrected chi connectivity index (χ1v) is 6.82. The molecule has 0 saturated heterocycles. The van der Waals surface area contributed by atoms with Gasteiger partial charge in [0.1, 0.15) is 6.04 Å². The number of carbonyl (C=O) groups is 2. The molecule has 0 aromatic heterocycles. The van der Waals surface area contributed by atoms with E-state index in [1.165, 1.54) is 0 Å². The van der Waals surface area contributed by atoms with Crippen LogP contribution in [0.4, 0.5) is 11.4 Å². The molecule has 0 bridgehead atoms. The molecule has 0 saturated carbocycles. The zero-order chi connectivity index (χ0) is 14.5. The van der Waals surface area contributed by atoms with Crippen molar-refractivity contribution >= 4 is 23.2 Å². The molecule has 0 radical (unpaired) electrons. The maximum Gasteiger partial charge on any atom is 0.251 e. The average molecular weight is 276 g/mol. The molecule has 1 heterocycles. The summed E-state index contributed by atoms with van der Waals surface area (Å²) in [6, 6.07) is 4.86. The normalized spacial score (nSPS) is 14.3. The fourth-order valence-electron chi connectivity index (χ4n) is 2.05. The van der Waals surface area contributed by atoms with Gasteiger partial charge in [-0.15, -0.1) is 0 Å². The predicted molar refractivity (Wildman–Crippen MR) is 79.0 cm³/mol. The molecule has 1 aliphatic rings. The van der Waals surface area contributed by atoms with Crippen molar-refractivity contribution in [3.63, 3.8) is 0 Å². The van der Waals surface area contributed by atoms with Gasteiger partial charge in [0.15, 0.2) is 0 Å². The van der Waals surface area contributed by atoms with E-state index in [4.69, 9.17) is 0 Å². The van der Waals surface area contributed by atoms with Crippen LogP contribution in [0.3, 0.4) is 0 Å². The molecular formula is C14H20N4O2. The summed E-state index contributed by atoms with van der Waals surface area (Å²) in [7, 11) is 0. The molecule has 1 aromatic carbocycles. The Labute approximate surface area is 118 Å². The van der Waals surface area contributed by atoms with E-state index in [1.807, 2.05) is 13.0 Å². The summed E-state index contributed by atoms with van der Waals surface area (Å²) in [5, 5.41) is 11.8. The van der Waals surface area contributed by atoms with Crippen molar-refractivity contribution in [2.24, 2.45) is 0 Å². The topological polar surface area (TPSA) is 82.3 Å². The first-order chi connectivity index (χ1) is 9.61. The van der Waals surface area contributed by atoms with Gasteiger partial charge in [0, 0.05) is 25.2 Å². The van der Waals surface area contributed by atoms with Crippen LogP contribution in [0, 0.1) is 0 Å². The van der Waals surface area contributed by atoms with Crippen LogP contribution in [-0.4, -0.2) is 37.5 Å². The molecule has 108 valence electrons. The lowest BCUT2D eigenvalue weighted by atomic mass is 10.1. The smallest absolute Gasteiger partial charge is 0.251 e. The van der Waals surface area contributed by atoms with E-state index in [-0.39, 0.29) is 11.8 Å². The van der Waals surface area contributed by atoms with Gasteiger partial charge in [-0.1, -0.05) is 0 Å². The molecule has 2 amide bonds. The Morgan fingerprint density at radius 2 is 1.95 bits per heavy atom. The van der Waals surface area contributed by atoms with Gasteiger partial charge in [-0.05, 0) is 32.0 Å². The molecule has 1 unspecified atom stereocenters. The summed E-state index contributed by atoms with van der Waals surface area (Å²) in [5.74, 6) is -0.433. The van der Waals surface area contributed by atoms with Gasteiger partial charge in [-0.25, -0.2) is 0 Å². The standard InChI is InChI=1S/C14H20N4O2/c1-3-15-13(19)9(2)18-14(20)10-4-5-11-12(8-10)17-7-6-16-11/h4-5,8-9,16-17H,3,6-7H2,1-2H3,(H,15,19)(H,18,20). The van der Waals surface area contributed by atoms with Gasteiger partial charge < -0.3 is 21.3 Å². The average Bonchev–Trinajstić information content (AvgIpc) is 2.46. The minimum atomic E-state index is -0.551.